The van der Waals surface area contributed by atoms with Crippen LogP contribution in [-0.2, 0) is 9.59 Å². The summed E-state index contributed by atoms with van der Waals surface area (Å²) >= 11 is 0. The highest BCUT2D eigenvalue weighted by Gasteiger charge is 2.47. The molecule has 1 heterocycles. The Morgan fingerprint density at radius 1 is 1.09 bits per heavy atom. The van der Waals surface area contributed by atoms with Gasteiger partial charge in [-0.2, -0.15) is 0 Å². The molecule has 0 spiro atoms. The number of para-hydroxylation sites is 1. The number of methoxy groups -OCH3 is 1. The molecule has 0 saturated carbocycles. The number of aliphatic hydroxyl groups is 1. The molecule has 0 radical (unpaired) electrons. The van der Waals surface area contributed by atoms with Gasteiger partial charge >= 0.3 is 0 Å². The van der Waals surface area contributed by atoms with Crippen LogP contribution in [-0.4, -0.2) is 67.0 Å². The predicted octanol–water partition coefficient (Wildman–Crippen LogP) is 4.08. The zero-order valence-electron chi connectivity index (χ0n) is 21.0. The van der Waals surface area contributed by atoms with Crippen LogP contribution in [0, 0.1) is 13.8 Å². The zero-order chi connectivity index (χ0) is 25.2. The fourth-order valence-electron chi connectivity index (χ4n) is 4.22. The Hall–Kier alpha value is -3.32. The summed E-state index contributed by atoms with van der Waals surface area (Å²) in [5, 5.41) is 11.5. The smallest absolute Gasteiger partial charge is 0.295 e. The third-order valence-electron chi connectivity index (χ3n) is 5.90. The van der Waals surface area contributed by atoms with Crippen molar-refractivity contribution in [2.75, 3.05) is 34.3 Å². The lowest BCUT2D eigenvalue weighted by Crippen LogP contribution is -2.35. The molecule has 1 atom stereocenters. The number of likely N-dealkylation sites (tertiary alicyclic amines) is 1. The van der Waals surface area contributed by atoms with Crippen LogP contribution >= 0.6 is 0 Å². The van der Waals surface area contributed by atoms with Crippen LogP contribution in [0.5, 0.6) is 11.5 Å². The van der Waals surface area contributed by atoms with Crippen molar-refractivity contribution in [2.45, 2.75) is 39.8 Å². The van der Waals surface area contributed by atoms with Crippen LogP contribution < -0.4 is 9.47 Å². The molecule has 3 rings (SSSR count). The predicted molar refractivity (Wildman–Crippen MR) is 132 cm³/mol. The summed E-state index contributed by atoms with van der Waals surface area (Å²) < 4.78 is 11.4. The third-order valence-corrected chi connectivity index (χ3v) is 5.90. The van der Waals surface area contributed by atoms with Gasteiger partial charge in [0.1, 0.15) is 17.3 Å². The van der Waals surface area contributed by atoms with Crippen molar-refractivity contribution in [3.63, 3.8) is 0 Å². The number of Topliss-reactive ketones (excluding diaryl/α,β-unsaturated/α-hetero) is 1. The van der Waals surface area contributed by atoms with E-state index in [9.17, 15) is 14.7 Å². The van der Waals surface area contributed by atoms with Crippen molar-refractivity contribution in [3.05, 3.63) is 64.2 Å². The Bertz CT molecular complexity index is 1120. The molecule has 1 fully saturated rings. The first-order valence-corrected chi connectivity index (χ1v) is 11.4. The monoisotopic (exact) mass is 466 g/mol. The Kier molecular flexibility index (Phi) is 7.67. The van der Waals surface area contributed by atoms with Crippen molar-refractivity contribution in [3.8, 4) is 11.5 Å². The number of hydrogen-bond acceptors (Lipinski definition) is 6. The van der Waals surface area contributed by atoms with E-state index in [1.807, 2.05) is 77.0 Å². The average molecular weight is 467 g/mol. The van der Waals surface area contributed by atoms with Crippen LogP contribution in [0.4, 0.5) is 0 Å². The minimum Gasteiger partial charge on any atom is -0.507 e. The molecule has 2 aromatic carbocycles. The SMILES string of the molecule is COc1cc(C)c(/C(O)=C2\C(=O)C(=O)N(CCN(C)C)C2c2ccccc2OC(C)C)cc1C. The summed E-state index contributed by atoms with van der Waals surface area (Å²) in [6.45, 7) is 8.44. The van der Waals surface area contributed by atoms with Gasteiger partial charge in [-0.25, -0.2) is 0 Å². The Morgan fingerprint density at radius 3 is 2.38 bits per heavy atom. The standard InChI is InChI=1S/C27H34N2O5/c1-16(2)34-21-11-9-8-10-19(21)24-23(26(31)27(32)29(24)13-12-28(5)6)25(30)20-14-18(4)22(33-7)15-17(20)3/h8-11,14-16,24,30H,12-13H2,1-7H3/b25-23+. The van der Waals surface area contributed by atoms with Crippen LogP contribution in [0.2, 0.25) is 0 Å². The van der Waals surface area contributed by atoms with Crippen molar-refractivity contribution in [2.24, 2.45) is 0 Å². The third kappa shape index (κ3) is 4.94. The molecule has 1 aliphatic heterocycles. The molecule has 7 nitrogen and oxygen atoms in total. The molecule has 1 saturated heterocycles. The fraction of sp³-hybridized carbons (Fsp3) is 0.407. The largest absolute Gasteiger partial charge is 0.507 e. The summed E-state index contributed by atoms with van der Waals surface area (Å²) in [7, 11) is 5.40. The molecular weight excluding hydrogens is 432 g/mol. The molecule has 1 aliphatic rings. The van der Waals surface area contributed by atoms with Crippen LogP contribution in [0.1, 0.15) is 42.1 Å². The summed E-state index contributed by atoms with van der Waals surface area (Å²) in [4.78, 5) is 30.0. The van der Waals surface area contributed by atoms with Gasteiger partial charge in [-0.1, -0.05) is 18.2 Å². The van der Waals surface area contributed by atoms with Gasteiger partial charge in [-0.15, -0.1) is 0 Å². The van der Waals surface area contributed by atoms with Gasteiger partial charge in [-0.3, -0.25) is 9.59 Å². The molecule has 1 unspecified atom stereocenters. The fourth-order valence-corrected chi connectivity index (χ4v) is 4.22. The number of carbonyl (C=O) groups is 2. The van der Waals surface area contributed by atoms with E-state index in [-0.39, 0.29) is 17.4 Å². The first-order valence-electron chi connectivity index (χ1n) is 11.4. The second-order valence-electron chi connectivity index (χ2n) is 9.14. The van der Waals surface area contributed by atoms with Gasteiger partial charge in [-0.05, 0) is 71.1 Å². The van der Waals surface area contributed by atoms with Gasteiger partial charge in [0.05, 0.1) is 24.8 Å². The number of rotatable bonds is 8. The molecule has 1 amide bonds. The number of hydrogen-bond donors (Lipinski definition) is 1. The van der Waals surface area contributed by atoms with E-state index in [0.717, 1.165) is 11.1 Å². The zero-order valence-corrected chi connectivity index (χ0v) is 21.0. The first-order chi connectivity index (χ1) is 16.1. The van der Waals surface area contributed by atoms with E-state index in [0.29, 0.717) is 35.7 Å². The van der Waals surface area contributed by atoms with Gasteiger partial charge in [0.15, 0.2) is 0 Å². The topological polar surface area (TPSA) is 79.3 Å². The molecule has 0 bridgehead atoms. The van der Waals surface area contributed by atoms with Crippen molar-refractivity contribution >= 4 is 17.4 Å². The minimum atomic E-state index is -0.767. The number of nitrogens with zero attached hydrogens (tertiary/aromatic N) is 2. The van der Waals surface area contributed by atoms with Gasteiger partial charge < -0.3 is 24.4 Å². The highest BCUT2D eigenvalue weighted by molar-refractivity contribution is 6.46. The van der Waals surface area contributed by atoms with Crippen molar-refractivity contribution in [1.82, 2.24) is 9.80 Å². The second-order valence-corrected chi connectivity index (χ2v) is 9.14. The molecular formula is C27H34N2O5. The number of benzene rings is 2. The lowest BCUT2D eigenvalue weighted by atomic mass is 9.92. The lowest BCUT2D eigenvalue weighted by Gasteiger charge is -2.28. The average Bonchev–Trinajstić information content (AvgIpc) is 3.03. The lowest BCUT2D eigenvalue weighted by molar-refractivity contribution is -0.140. The highest BCUT2D eigenvalue weighted by Crippen LogP contribution is 2.43. The van der Waals surface area contributed by atoms with Crippen LogP contribution in [0.15, 0.2) is 42.0 Å². The minimum absolute atomic E-state index is 0.0660. The summed E-state index contributed by atoms with van der Waals surface area (Å²) in [6.07, 6.45) is -0.100. The number of aliphatic hydroxyl groups excluding tert-OH is 1. The van der Waals surface area contributed by atoms with E-state index in [4.69, 9.17) is 9.47 Å². The second kappa shape index (κ2) is 10.3. The van der Waals surface area contributed by atoms with Crippen LogP contribution in [0.25, 0.3) is 5.76 Å². The number of carbonyl (C=O) groups excluding carboxylic acids is 2. The Balaban J connectivity index is 2.25. The molecule has 182 valence electrons. The van der Waals surface area contributed by atoms with E-state index in [2.05, 4.69) is 0 Å². The van der Waals surface area contributed by atoms with Crippen molar-refractivity contribution < 1.29 is 24.2 Å². The van der Waals surface area contributed by atoms with E-state index in [1.165, 1.54) is 4.90 Å². The van der Waals surface area contributed by atoms with Gasteiger partial charge in [0.25, 0.3) is 11.7 Å². The molecule has 7 heteroatoms. The maximum Gasteiger partial charge on any atom is 0.295 e. The Morgan fingerprint density at radius 2 is 1.76 bits per heavy atom. The van der Waals surface area contributed by atoms with Gasteiger partial charge in [0, 0.05) is 24.2 Å². The number of ketones is 1. The number of ether oxygens (including phenoxy) is 2. The maximum absolute atomic E-state index is 13.3. The molecule has 1 N–H and O–H groups in total. The molecule has 2 aromatic rings. The van der Waals surface area contributed by atoms with E-state index < -0.39 is 17.7 Å². The summed E-state index contributed by atoms with van der Waals surface area (Å²) in [5.41, 5.74) is 2.78. The summed E-state index contributed by atoms with van der Waals surface area (Å²) in [5.74, 6) is -0.261. The maximum atomic E-state index is 13.3. The van der Waals surface area contributed by atoms with Crippen molar-refractivity contribution in [1.29, 1.82) is 0 Å². The Labute approximate surface area is 201 Å². The number of likely N-dealkylation sites (N-methyl/N-ethyl adjacent to an activating group) is 1. The van der Waals surface area contributed by atoms with Gasteiger partial charge in [0.2, 0.25) is 0 Å². The van der Waals surface area contributed by atoms with E-state index >= 15 is 0 Å². The number of amides is 1. The van der Waals surface area contributed by atoms with E-state index in [1.54, 1.807) is 13.2 Å². The highest BCUT2D eigenvalue weighted by atomic mass is 16.5. The van der Waals surface area contributed by atoms with Crippen LogP contribution in [0.3, 0.4) is 0 Å². The number of aryl methyl sites for hydroxylation is 2. The summed E-state index contributed by atoms with van der Waals surface area (Å²) in [6, 6.07) is 10.2. The molecule has 0 aliphatic carbocycles. The first kappa shape index (κ1) is 25.3. The molecule has 34 heavy (non-hydrogen) atoms. The molecule has 0 aromatic heterocycles. The quantitative estimate of drug-likeness (QED) is 0.359. The normalized spacial score (nSPS) is 17.7.